The molecular formula is C27H34N6O2S. The molecular weight excluding hydrogens is 472 g/mol. The fourth-order valence-electron chi connectivity index (χ4n) is 4.53. The number of nitrogens with zero attached hydrogens (tertiary/aromatic N) is 4. The zero-order valence-electron chi connectivity index (χ0n) is 21.3. The topological polar surface area (TPSA) is 92.3 Å². The van der Waals surface area contributed by atoms with Crippen LogP contribution in [-0.4, -0.2) is 66.2 Å². The lowest BCUT2D eigenvalue weighted by atomic mass is 9.95. The number of carbonyl (C=O) groups excluding carboxylic acids is 1. The minimum absolute atomic E-state index is 0.129. The van der Waals surface area contributed by atoms with Crippen LogP contribution in [0.1, 0.15) is 41.6 Å². The molecule has 1 saturated heterocycles. The molecule has 1 unspecified atom stereocenters. The first-order valence-electron chi connectivity index (χ1n) is 12.2. The summed E-state index contributed by atoms with van der Waals surface area (Å²) < 4.78 is 5.63. The summed E-state index contributed by atoms with van der Waals surface area (Å²) in [5.74, 6) is 2.58. The summed E-state index contributed by atoms with van der Waals surface area (Å²) in [6.07, 6.45) is 8.04. The van der Waals surface area contributed by atoms with E-state index >= 15 is 0 Å². The molecule has 3 aromatic rings. The van der Waals surface area contributed by atoms with E-state index in [1.54, 1.807) is 38.3 Å². The number of anilines is 2. The molecule has 1 aliphatic heterocycles. The predicted molar refractivity (Wildman–Crippen MR) is 147 cm³/mol. The third-order valence-corrected chi connectivity index (χ3v) is 7.88. The molecule has 36 heavy (non-hydrogen) atoms. The summed E-state index contributed by atoms with van der Waals surface area (Å²) in [7, 11) is 3.26. The van der Waals surface area contributed by atoms with Crippen LogP contribution >= 0.6 is 11.8 Å². The van der Waals surface area contributed by atoms with Crippen molar-refractivity contribution in [3.63, 3.8) is 0 Å². The highest BCUT2D eigenvalue weighted by Crippen LogP contribution is 2.34. The van der Waals surface area contributed by atoms with Crippen molar-refractivity contribution in [2.75, 3.05) is 50.3 Å². The van der Waals surface area contributed by atoms with Crippen molar-refractivity contribution >= 4 is 29.3 Å². The monoisotopic (exact) mass is 506 g/mol. The van der Waals surface area contributed by atoms with Crippen LogP contribution in [0.5, 0.6) is 5.75 Å². The maximum atomic E-state index is 12.0. The molecule has 2 atom stereocenters. The second kappa shape index (κ2) is 12.1. The van der Waals surface area contributed by atoms with E-state index in [-0.39, 0.29) is 17.1 Å². The van der Waals surface area contributed by atoms with Crippen molar-refractivity contribution in [3.8, 4) is 17.0 Å². The fraction of sp³-hybridized carbons (Fsp3) is 0.407. The number of aromatic nitrogens is 3. The van der Waals surface area contributed by atoms with Gasteiger partial charge in [-0.15, -0.1) is 0 Å². The van der Waals surface area contributed by atoms with Crippen LogP contribution in [0.25, 0.3) is 11.3 Å². The molecule has 9 heteroatoms. The molecule has 1 aromatic carbocycles. The molecule has 2 aromatic heterocycles. The Morgan fingerprint density at radius 3 is 2.61 bits per heavy atom. The molecule has 1 aliphatic rings. The summed E-state index contributed by atoms with van der Waals surface area (Å²) in [4.78, 5) is 27.9. The third kappa shape index (κ3) is 5.90. The summed E-state index contributed by atoms with van der Waals surface area (Å²) >= 11 is 1.79. The standard InChI is InChI=1S/C27H34N6O2S/c1-18(21-9-7-19(27(34)28-2)13-23(21)35-3)24(36-4)16-29-25-14-22(31-17-32-25)20-8-10-26(30-15-20)33-11-5-6-12-33/h7-10,13-15,17-18,24H,5-6,11-12,16H2,1-4H3,(H,28,34)(H,29,31,32)/t18-,24?/m0/s1. The van der Waals surface area contributed by atoms with E-state index in [9.17, 15) is 4.79 Å². The number of rotatable bonds is 10. The largest absolute Gasteiger partial charge is 0.496 e. The van der Waals surface area contributed by atoms with Gasteiger partial charge in [0.25, 0.3) is 5.91 Å². The van der Waals surface area contributed by atoms with Gasteiger partial charge in [-0.3, -0.25) is 4.79 Å². The minimum Gasteiger partial charge on any atom is -0.496 e. The summed E-state index contributed by atoms with van der Waals surface area (Å²) in [5.41, 5.74) is 3.46. The van der Waals surface area contributed by atoms with Crippen molar-refractivity contribution in [2.24, 2.45) is 0 Å². The van der Waals surface area contributed by atoms with Crippen molar-refractivity contribution in [1.82, 2.24) is 20.3 Å². The van der Waals surface area contributed by atoms with Gasteiger partial charge in [-0.1, -0.05) is 13.0 Å². The summed E-state index contributed by atoms with van der Waals surface area (Å²) in [6.45, 7) is 5.05. The van der Waals surface area contributed by atoms with Crippen molar-refractivity contribution in [3.05, 3.63) is 60.0 Å². The second-order valence-corrected chi connectivity index (χ2v) is 9.94. The Morgan fingerprint density at radius 1 is 1.14 bits per heavy atom. The number of methoxy groups -OCH3 is 1. The lowest BCUT2D eigenvalue weighted by Gasteiger charge is -2.25. The van der Waals surface area contributed by atoms with Gasteiger partial charge in [-0.2, -0.15) is 11.8 Å². The van der Waals surface area contributed by atoms with Crippen molar-refractivity contribution < 1.29 is 9.53 Å². The predicted octanol–water partition coefficient (Wildman–Crippen LogP) is 4.45. The first-order chi connectivity index (χ1) is 17.5. The quantitative estimate of drug-likeness (QED) is 0.417. The Bertz CT molecular complexity index is 1170. The zero-order chi connectivity index (χ0) is 25.5. The molecule has 2 N–H and O–H groups in total. The van der Waals surface area contributed by atoms with Crippen molar-refractivity contribution in [1.29, 1.82) is 0 Å². The zero-order valence-corrected chi connectivity index (χ0v) is 22.1. The second-order valence-electron chi connectivity index (χ2n) is 8.87. The van der Waals surface area contributed by atoms with E-state index in [2.05, 4.69) is 55.8 Å². The van der Waals surface area contributed by atoms with Gasteiger partial charge in [0, 0.05) is 55.3 Å². The molecule has 0 aliphatic carbocycles. The normalized spacial score (nSPS) is 14.8. The lowest BCUT2D eigenvalue weighted by Crippen LogP contribution is -2.24. The number of amides is 1. The minimum atomic E-state index is -0.129. The number of carbonyl (C=O) groups is 1. The van der Waals surface area contributed by atoms with Crippen LogP contribution < -0.4 is 20.3 Å². The highest BCUT2D eigenvalue weighted by molar-refractivity contribution is 7.99. The molecule has 190 valence electrons. The molecule has 0 bridgehead atoms. The SMILES string of the molecule is CNC(=O)c1ccc([C@H](C)C(CNc2cc(-c3ccc(N4CCCC4)nc3)ncn2)SC)c(OC)c1. The molecule has 1 fully saturated rings. The van der Waals surface area contributed by atoms with E-state index in [0.29, 0.717) is 12.1 Å². The van der Waals surface area contributed by atoms with Gasteiger partial charge in [0.2, 0.25) is 0 Å². The van der Waals surface area contributed by atoms with E-state index in [0.717, 1.165) is 47.3 Å². The molecule has 4 rings (SSSR count). The van der Waals surface area contributed by atoms with Crippen LogP contribution in [-0.2, 0) is 0 Å². The van der Waals surface area contributed by atoms with E-state index in [1.165, 1.54) is 12.8 Å². The van der Waals surface area contributed by atoms with Gasteiger partial charge in [-0.05, 0) is 54.8 Å². The van der Waals surface area contributed by atoms with Gasteiger partial charge in [0.05, 0.1) is 12.8 Å². The Labute approximate surface area is 217 Å². The van der Waals surface area contributed by atoms with Crippen molar-refractivity contribution in [2.45, 2.75) is 30.9 Å². The molecule has 8 nitrogen and oxygen atoms in total. The number of thioether (sulfide) groups is 1. The Kier molecular flexibility index (Phi) is 8.64. The smallest absolute Gasteiger partial charge is 0.251 e. The average molecular weight is 507 g/mol. The van der Waals surface area contributed by atoms with Crippen LogP contribution in [0.4, 0.5) is 11.6 Å². The molecule has 0 spiro atoms. The van der Waals surface area contributed by atoms with E-state index < -0.39 is 0 Å². The third-order valence-electron chi connectivity index (χ3n) is 6.70. The number of hydrogen-bond acceptors (Lipinski definition) is 8. The Morgan fingerprint density at radius 2 is 1.94 bits per heavy atom. The molecule has 3 heterocycles. The maximum absolute atomic E-state index is 12.0. The van der Waals surface area contributed by atoms with Crippen LogP contribution in [0.3, 0.4) is 0 Å². The number of pyridine rings is 1. The maximum Gasteiger partial charge on any atom is 0.251 e. The van der Waals surface area contributed by atoms with E-state index in [1.807, 2.05) is 24.4 Å². The first kappa shape index (κ1) is 25.8. The van der Waals surface area contributed by atoms with Crippen LogP contribution in [0.15, 0.2) is 48.9 Å². The van der Waals surface area contributed by atoms with Gasteiger partial charge >= 0.3 is 0 Å². The number of hydrogen-bond donors (Lipinski definition) is 2. The summed E-state index contributed by atoms with van der Waals surface area (Å²) in [6, 6.07) is 11.7. The number of benzene rings is 1. The van der Waals surface area contributed by atoms with Gasteiger partial charge in [-0.25, -0.2) is 15.0 Å². The molecule has 1 amide bonds. The van der Waals surface area contributed by atoms with E-state index in [4.69, 9.17) is 4.74 Å². The molecule has 0 radical (unpaired) electrons. The fourth-order valence-corrected chi connectivity index (χ4v) is 5.33. The number of nitrogens with one attached hydrogen (secondary N) is 2. The van der Waals surface area contributed by atoms with Gasteiger partial charge in [0.1, 0.15) is 23.7 Å². The van der Waals surface area contributed by atoms with Gasteiger partial charge < -0.3 is 20.3 Å². The number of ether oxygens (including phenoxy) is 1. The Balaban J connectivity index is 1.44. The molecule has 0 saturated carbocycles. The first-order valence-corrected chi connectivity index (χ1v) is 13.5. The van der Waals surface area contributed by atoms with Crippen LogP contribution in [0.2, 0.25) is 0 Å². The lowest BCUT2D eigenvalue weighted by molar-refractivity contribution is 0.0962. The Hall–Kier alpha value is -3.33. The van der Waals surface area contributed by atoms with Gasteiger partial charge in [0.15, 0.2) is 0 Å². The average Bonchev–Trinajstić information content (AvgIpc) is 3.48. The summed E-state index contributed by atoms with van der Waals surface area (Å²) in [5, 5.41) is 6.40. The highest BCUT2D eigenvalue weighted by atomic mass is 32.2. The van der Waals surface area contributed by atoms with Crippen LogP contribution in [0, 0.1) is 0 Å². The highest BCUT2D eigenvalue weighted by Gasteiger charge is 2.22.